The van der Waals surface area contributed by atoms with Crippen molar-refractivity contribution in [2.24, 2.45) is 11.3 Å². The number of hydrogen-bond acceptors (Lipinski definition) is 3. The number of aromatic nitrogens is 1. The van der Waals surface area contributed by atoms with Crippen molar-refractivity contribution < 1.29 is 19.1 Å². The Labute approximate surface area is 122 Å². The van der Waals surface area contributed by atoms with Gasteiger partial charge < -0.3 is 10.0 Å². The van der Waals surface area contributed by atoms with Crippen LogP contribution in [0, 0.1) is 17.3 Å². The molecule has 1 amide bonds. The van der Waals surface area contributed by atoms with Crippen molar-refractivity contribution in [2.45, 2.75) is 26.7 Å². The van der Waals surface area contributed by atoms with E-state index in [1.807, 2.05) is 0 Å². The summed E-state index contributed by atoms with van der Waals surface area (Å²) >= 11 is 0. The van der Waals surface area contributed by atoms with Gasteiger partial charge in [0.15, 0.2) is 0 Å². The van der Waals surface area contributed by atoms with Crippen molar-refractivity contribution in [3.63, 3.8) is 0 Å². The fourth-order valence-corrected chi connectivity index (χ4v) is 2.64. The third-order valence-corrected chi connectivity index (χ3v) is 4.25. The summed E-state index contributed by atoms with van der Waals surface area (Å²) in [4.78, 5) is 28.8. The molecule has 1 saturated heterocycles. The molecule has 1 aliphatic rings. The minimum Gasteiger partial charge on any atom is -0.481 e. The molecule has 114 valence electrons. The largest absolute Gasteiger partial charge is 0.481 e. The number of amides is 1. The Morgan fingerprint density at radius 3 is 2.81 bits per heavy atom. The zero-order chi connectivity index (χ0) is 15.6. The number of piperidine rings is 1. The molecule has 0 bridgehead atoms. The molecule has 0 saturated carbocycles. The Morgan fingerprint density at radius 1 is 1.48 bits per heavy atom. The second kappa shape index (κ2) is 5.79. The van der Waals surface area contributed by atoms with Crippen molar-refractivity contribution in [2.75, 3.05) is 13.1 Å². The van der Waals surface area contributed by atoms with Gasteiger partial charge in [-0.15, -0.1) is 0 Å². The first kappa shape index (κ1) is 15.4. The number of carbonyl (C=O) groups is 2. The van der Waals surface area contributed by atoms with Crippen molar-refractivity contribution in [3.05, 3.63) is 29.8 Å². The average Bonchev–Trinajstić information content (AvgIpc) is 2.46. The van der Waals surface area contributed by atoms with Crippen molar-refractivity contribution in [3.8, 4) is 0 Å². The fourth-order valence-electron chi connectivity index (χ4n) is 2.64. The maximum Gasteiger partial charge on any atom is 0.309 e. The number of carboxylic acid groups (broad SMARTS) is 1. The van der Waals surface area contributed by atoms with Crippen LogP contribution >= 0.6 is 0 Å². The number of likely N-dealkylation sites (tertiary alicyclic amines) is 1. The lowest BCUT2D eigenvalue weighted by Crippen LogP contribution is -2.46. The summed E-state index contributed by atoms with van der Waals surface area (Å²) in [5.41, 5.74) is -0.640. The smallest absolute Gasteiger partial charge is 0.309 e. The molecule has 5 nitrogen and oxygen atoms in total. The van der Waals surface area contributed by atoms with E-state index >= 15 is 0 Å². The van der Waals surface area contributed by atoms with Crippen LogP contribution in [0.4, 0.5) is 4.39 Å². The van der Waals surface area contributed by atoms with Crippen LogP contribution in [-0.4, -0.2) is 40.0 Å². The summed E-state index contributed by atoms with van der Waals surface area (Å²) < 4.78 is 13.1. The predicted octanol–water partition coefficient (Wildman–Crippen LogP) is 2.18. The van der Waals surface area contributed by atoms with Crippen LogP contribution in [0.5, 0.6) is 0 Å². The third kappa shape index (κ3) is 3.20. The van der Waals surface area contributed by atoms with Gasteiger partial charge >= 0.3 is 5.97 Å². The van der Waals surface area contributed by atoms with Gasteiger partial charge in [-0.3, -0.25) is 9.59 Å². The molecular formula is C15H19FN2O3. The number of nitrogens with zero attached hydrogens (tertiary/aromatic N) is 2. The topological polar surface area (TPSA) is 70.5 Å². The van der Waals surface area contributed by atoms with Gasteiger partial charge in [-0.05, 0) is 38.7 Å². The van der Waals surface area contributed by atoms with E-state index in [0.29, 0.717) is 13.1 Å². The summed E-state index contributed by atoms with van der Waals surface area (Å²) in [6.07, 6.45) is 2.78. The van der Waals surface area contributed by atoms with Gasteiger partial charge in [0.1, 0.15) is 0 Å². The number of carboxylic acids is 1. The monoisotopic (exact) mass is 294 g/mol. The highest BCUT2D eigenvalue weighted by Gasteiger charge is 2.40. The molecule has 1 aromatic heterocycles. The lowest BCUT2D eigenvalue weighted by molar-refractivity contribution is -0.151. The Kier molecular flexibility index (Phi) is 4.25. The molecule has 21 heavy (non-hydrogen) atoms. The van der Waals surface area contributed by atoms with Crippen LogP contribution in [0.3, 0.4) is 0 Å². The summed E-state index contributed by atoms with van der Waals surface area (Å²) in [6.45, 7) is 4.30. The van der Waals surface area contributed by atoms with E-state index in [2.05, 4.69) is 4.98 Å². The molecule has 0 spiro atoms. The van der Waals surface area contributed by atoms with E-state index in [4.69, 9.17) is 0 Å². The summed E-state index contributed by atoms with van der Waals surface area (Å²) in [7, 11) is 0. The van der Waals surface area contributed by atoms with Gasteiger partial charge in [0, 0.05) is 30.9 Å². The number of aliphatic carboxylic acids is 1. The van der Waals surface area contributed by atoms with Crippen molar-refractivity contribution in [1.82, 2.24) is 9.88 Å². The highest BCUT2D eigenvalue weighted by Crippen LogP contribution is 2.34. The lowest BCUT2D eigenvalue weighted by atomic mass is 9.74. The minimum absolute atomic E-state index is 0.112. The Morgan fingerprint density at radius 2 is 2.19 bits per heavy atom. The second-order valence-corrected chi connectivity index (χ2v) is 5.98. The molecule has 0 aromatic carbocycles. The number of rotatable bonds is 3. The number of hydrogen-bond donors (Lipinski definition) is 1. The second-order valence-electron chi connectivity index (χ2n) is 5.98. The maximum absolute atomic E-state index is 13.1. The molecule has 0 aliphatic carbocycles. The van der Waals surface area contributed by atoms with E-state index in [1.165, 1.54) is 12.3 Å². The molecule has 2 heterocycles. The molecule has 1 fully saturated rings. The molecule has 1 aromatic rings. The standard InChI is InChI=1S/C15H19FN2O3/c1-15(2,14(20)21)11-4-3-7-18(9-11)13(19)10-5-6-17-12(16)8-10/h5-6,8,11H,3-4,7,9H2,1-2H3,(H,20,21). The first-order valence-corrected chi connectivity index (χ1v) is 6.96. The molecule has 1 unspecified atom stereocenters. The molecule has 0 radical (unpaired) electrons. The van der Waals surface area contributed by atoms with E-state index in [1.54, 1.807) is 18.7 Å². The van der Waals surface area contributed by atoms with Gasteiger partial charge in [-0.2, -0.15) is 4.39 Å². The van der Waals surface area contributed by atoms with Gasteiger partial charge in [-0.25, -0.2) is 4.98 Å². The molecule has 1 aliphatic heterocycles. The highest BCUT2D eigenvalue weighted by atomic mass is 19.1. The van der Waals surface area contributed by atoms with Crippen LogP contribution in [0.15, 0.2) is 18.3 Å². The van der Waals surface area contributed by atoms with Crippen molar-refractivity contribution >= 4 is 11.9 Å². The number of pyridine rings is 1. The molecule has 1 N–H and O–H groups in total. The van der Waals surface area contributed by atoms with Crippen LogP contribution in [0.25, 0.3) is 0 Å². The van der Waals surface area contributed by atoms with E-state index in [-0.39, 0.29) is 17.4 Å². The predicted molar refractivity (Wildman–Crippen MR) is 74.2 cm³/mol. The van der Waals surface area contributed by atoms with Gasteiger partial charge in [0.25, 0.3) is 5.91 Å². The van der Waals surface area contributed by atoms with Crippen LogP contribution in [0.2, 0.25) is 0 Å². The SMILES string of the molecule is CC(C)(C(=O)O)C1CCCN(C(=O)c2ccnc(F)c2)C1. The first-order valence-electron chi connectivity index (χ1n) is 6.96. The summed E-state index contributed by atoms with van der Waals surface area (Å²) in [5, 5.41) is 9.31. The summed E-state index contributed by atoms with van der Waals surface area (Å²) in [6, 6.07) is 2.58. The van der Waals surface area contributed by atoms with Crippen molar-refractivity contribution in [1.29, 1.82) is 0 Å². The van der Waals surface area contributed by atoms with Gasteiger partial charge in [0.05, 0.1) is 5.41 Å². The van der Waals surface area contributed by atoms with Gasteiger partial charge in [0.2, 0.25) is 5.95 Å². The third-order valence-electron chi connectivity index (χ3n) is 4.25. The Hall–Kier alpha value is -1.98. The average molecular weight is 294 g/mol. The molecule has 6 heteroatoms. The summed E-state index contributed by atoms with van der Waals surface area (Å²) in [5.74, 6) is -1.95. The molecular weight excluding hydrogens is 275 g/mol. The van der Waals surface area contributed by atoms with Crippen LogP contribution < -0.4 is 0 Å². The van der Waals surface area contributed by atoms with Crippen LogP contribution in [-0.2, 0) is 4.79 Å². The Balaban J connectivity index is 2.14. The number of carbonyl (C=O) groups excluding carboxylic acids is 1. The number of halogens is 1. The molecule has 2 rings (SSSR count). The van der Waals surface area contributed by atoms with E-state index in [9.17, 15) is 19.1 Å². The van der Waals surface area contributed by atoms with Crippen LogP contribution in [0.1, 0.15) is 37.0 Å². The minimum atomic E-state index is -0.886. The zero-order valence-corrected chi connectivity index (χ0v) is 12.2. The highest BCUT2D eigenvalue weighted by molar-refractivity contribution is 5.94. The fraction of sp³-hybridized carbons (Fsp3) is 0.533. The normalized spacial score (nSPS) is 19.4. The maximum atomic E-state index is 13.1. The van der Waals surface area contributed by atoms with E-state index in [0.717, 1.165) is 18.9 Å². The quantitative estimate of drug-likeness (QED) is 0.867. The van der Waals surface area contributed by atoms with E-state index < -0.39 is 17.3 Å². The zero-order valence-electron chi connectivity index (χ0n) is 12.2. The Bertz CT molecular complexity index is 560. The van der Waals surface area contributed by atoms with Gasteiger partial charge in [-0.1, -0.05) is 0 Å². The molecule has 1 atom stereocenters. The first-order chi connectivity index (χ1) is 9.82. The lowest BCUT2D eigenvalue weighted by Gasteiger charge is -2.39.